The molecule has 0 radical (unpaired) electrons. The minimum atomic E-state index is -3.29. The molecule has 6 heteroatoms. The average molecular weight is 424 g/mol. The van der Waals surface area contributed by atoms with Gasteiger partial charge in [0.15, 0.2) is 0 Å². The van der Waals surface area contributed by atoms with Crippen molar-refractivity contribution in [3.63, 3.8) is 0 Å². The van der Waals surface area contributed by atoms with Crippen LogP contribution in [0.1, 0.15) is 90.7 Å². The van der Waals surface area contributed by atoms with Crippen molar-refractivity contribution in [2.75, 3.05) is 6.16 Å². The van der Waals surface area contributed by atoms with Crippen molar-refractivity contribution in [2.45, 2.75) is 91.7 Å². The minimum Gasteiger partial charge on any atom is -0.462 e. The first-order valence-corrected chi connectivity index (χ1v) is 12.8. The summed E-state index contributed by atoms with van der Waals surface area (Å²) >= 11 is 0. The van der Waals surface area contributed by atoms with Gasteiger partial charge in [0.1, 0.15) is 11.8 Å². The molecule has 0 heterocycles. The zero-order valence-electron chi connectivity index (χ0n) is 19.0. The normalized spacial score (nSPS) is 18.4. The first-order chi connectivity index (χ1) is 13.6. The molecule has 1 fully saturated rings. The summed E-state index contributed by atoms with van der Waals surface area (Å²) in [6, 6.07) is 5.51. The number of hydrogen-bond acceptors (Lipinski definition) is 4. The lowest BCUT2D eigenvalue weighted by Gasteiger charge is -2.28. The van der Waals surface area contributed by atoms with Gasteiger partial charge in [-0.3, -0.25) is 9.36 Å². The predicted molar refractivity (Wildman–Crippen MR) is 119 cm³/mol. The lowest BCUT2D eigenvalue weighted by atomic mass is 9.90. The first-order valence-electron chi connectivity index (χ1n) is 11.0. The summed E-state index contributed by atoms with van der Waals surface area (Å²) in [5.74, 6) is 1.59. The molecule has 0 aliphatic heterocycles. The average Bonchev–Trinajstić information content (AvgIpc) is 3.45. The summed E-state index contributed by atoms with van der Waals surface area (Å²) in [6.45, 7) is 13.7. The number of benzene rings is 1. The molecule has 2 rings (SSSR count). The zero-order chi connectivity index (χ0) is 21.8. The third-order valence-electron chi connectivity index (χ3n) is 5.37. The molecule has 1 aromatic carbocycles. The van der Waals surface area contributed by atoms with E-state index < -0.39 is 19.5 Å². The van der Waals surface area contributed by atoms with Crippen molar-refractivity contribution in [3.8, 4) is 5.75 Å². The van der Waals surface area contributed by atoms with Gasteiger partial charge < -0.3 is 9.26 Å². The monoisotopic (exact) mass is 423 g/mol. The first kappa shape index (κ1) is 24.0. The number of nitrogens with one attached hydrogen (secondary N) is 1. The van der Waals surface area contributed by atoms with E-state index in [1.165, 1.54) is 12.8 Å². The van der Waals surface area contributed by atoms with Gasteiger partial charge in [0.05, 0.1) is 6.10 Å². The topological polar surface area (TPSA) is 64.6 Å². The molecule has 1 aliphatic rings. The summed E-state index contributed by atoms with van der Waals surface area (Å²) in [6.07, 6.45) is 3.29. The van der Waals surface area contributed by atoms with Crippen LogP contribution in [0.2, 0.25) is 0 Å². The highest BCUT2D eigenvalue weighted by Crippen LogP contribution is 2.52. The largest absolute Gasteiger partial charge is 0.462 e. The van der Waals surface area contributed by atoms with Gasteiger partial charge in [-0.05, 0) is 68.9 Å². The summed E-state index contributed by atoms with van der Waals surface area (Å²) in [5.41, 5.74) is 2.18. The van der Waals surface area contributed by atoms with Gasteiger partial charge >= 0.3 is 13.5 Å². The molecule has 164 valence electrons. The maximum Gasteiger partial charge on any atom is 0.323 e. The van der Waals surface area contributed by atoms with Crippen LogP contribution in [0.3, 0.4) is 0 Å². The Balaban J connectivity index is 2.35. The Morgan fingerprint density at radius 3 is 2.28 bits per heavy atom. The Morgan fingerprint density at radius 2 is 1.76 bits per heavy atom. The minimum absolute atomic E-state index is 0.217. The van der Waals surface area contributed by atoms with Crippen LogP contribution in [0.5, 0.6) is 5.75 Å². The van der Waals surface area contributed by atoms with E-state index in [0.29, 0.717) is 24.4 Å². The van der Waals surface area contributed by atoms with Crippen molar-refractivity contribution >= 4 is 13.5 Å². The van der Waals surface area contributed by atoms with Gasteiger partial charge in [0.2, 0.25) is 0 Å². The van der Waals surface area contributed by atoms with Crippen LogP contribution in [-0.4, -0.2) is 24.3 Å². The van der Waals surface area contributed by atoms with Crippen molar-refractivity contribution in [1.82, 2.24) is 5.09 Å². The summed E-state index contributed by atoms with van der Waals surface area (Å²) < 4.78 is 25.4. The van der Waals surface area contributed by atoms with Crippen LogP contribution in [0.25, 0.3) is 0 Å². The van der Waals surface area contributed by atoms with Gasteiger partial charge in [-0.1, -0.05) is 45.9 Å². The standard InChI is InChI=1S/C23H38NO4P/c1-8-14-29(26,24-18(7)23(25)27-16(4)5)28-22-20(15(2)3)10-9-11-21(22)17(6)19-12-13-19/h9-11,15-19H,8,12-14H2,1-7H3,(H,24,26). The molecular weight excluding hydrogens is 385 g/mol. The Hall–Kier alpha value is -1.32. The molecular formula is C23H38NO4P. The van der Waals surface area contributed by atoms with E-state index in [1.807, 2.05) is 6.92 Å². The molecule has 29 heavy (non-hydrogen) atoms. The molecule has 0 bridgehead atoms. The third kappa shape index (κ3) is 6.58. The highest BCUT2D eigenvalue weighted by molar-refractivity contribution is 7.57. The number of rotatable bonds is 11. The van der Waals surface area contributed by atoms with Crippen LogP contribution in [-0.2, 0) is 14.1 Å². The fraction of sp³-hybridized carbons (Fsp3) is 0.696. The SMILES string of the molecule is CCCP(=O)(NC(C)C(=O)OC(C)C)Oc1c(C(C)C)cccc1C(C)C1CC1. The lowest BCUT2D eigenvalue weighted by molar-refractivity contribution is -0.149. The number of esters is 1. The van der Waals surface area contributed by atoms with E-state index in [1.54, 1.807) is 20.8 Å². The van der Waals surface area contributed by atoms with Crippen molar-refractivity contribution < 1.29 is 18.6 Å². The number of hydrogen-bond donors (Lipinski definition) is 1. The van der Waals surface area contributed by atoms with E-state index in [-0.39, 0.29) is 12.0 Å². The van der Waals surface area contributed by atoms with Crippen molar-refractivity contribution in [2.24, 2.45) is 5.92 Å². The van der Waals surface area contributed by atoms with Gasteiger partial charge in [-0.15, -0.1) is 0 Å². The number of carbonyl (C=O) groups excluding carboxylic acids is 1. The maximum absolute atomic E-state index is 13.8. The molecule has 1 aromatic rings. The molecule has 1 N–H and O–H groups in total. The Bertz CT molecular complexity index is 742. The molecule has 3 atom stereocenters. The second-order valence-electron chi connectivity index (χ2n) is 8.87. The molecule has 0 amide bonds. The Morgan fingerprint density at radius 1 is 1.14 bits per heavy atom. The fourth-order valence-electron chi connectivity index (χ4n) is 3.60. The van der Waals surface area contributed by atoms with E-state index in [9.17, 15) is 9.36 Å². The zero-order valence-corrected chi connectivity index (χ0v) is 19.9. The van der Waals surface area contributed by atoms with Crippen molar-refractivity contribution in [1.29, 1.82) is 0 Å². The van der Waals surface area contributed by atoms with E-state index in [2.05, 4.69) is 44.1 Å². The molecule has 0 spiro atoms. The van der Waals surface area contributed by atoms with Gasteiger partial charge in [-0.25, -0.2) is 5.09 Å². The third-order valence-corrected chi connectivity index (χ3v) is 7.66. The highest BCUT2D eigenvalue weighted by Gasteiger charge is 2.35. The van der Waals surface area contributed by atoms with E-state index in [4.69, 9.17) is 9.26 Å². The Kier molecular flexibility index (Phi) is 8.37. The summed E-state index contributed by atoms with van der Waals surface area (Å²) in [5, 5.41) is 2.98. The fourth-order valence-corrected chi connectivity index (χ4v) is 5.67. The summed E-state index contributed by atoms with van der Waals surface area (Å²) in [4.78, 5) is 12.3. The van der Waals surface area contributed by atoms with Gasteiger partial charge in [0, 0.05) is 6.16 Å². The van der Waals surface area contributed by atoms with Crippen LogP contribution in [0.4, 0.5) is 0 Å². The lowest BCUT2D eigenvalue weighted by Crippen LogP contribution is -2.36. The van der Waals surface area contributed by atoms with E-state index >= 15 is 0 Å². The smallest absolute Gasteiger partial charge is 0.323 e. The van der Waals surface area contributed by atoms with Crippen LogP contribution in [0, 0.1) is 5.92 Å². The van der Waals surface area contributed by atoms with Crippen molar-refractivity contribution in [3.05, 3.63) is 29.3 Å². The van der Waals surface area contributed by atoms with Crippen LogP contribution < -0.4 is 9.61 Å². The maximum atomic E-state index is 13.8. The molecule has 1 aliphatic carbocycles. The highest BCUT2D eigenvalue weighted by atomic mass is 31.2. The summed E-state index contributed by atoms with van der Waals surface area (Å²) in [7, 11) is -3.29. The van der Waals surface area contributed by atoms with Gasteiger partial charge in [0.25, 0.3) is 0 Å². The second-order valence-corrected chi connectivity index (χ2v) is 11.1. The molecule has 0 aromatic heterocycles. The van der Waals surface area contributed by atoms with Crippen LogP contribution >= 0.6 is 7.52 Å². The van der Waals surface area contributed by atoms with Gasteiger partial charge in [-0.2, -0.15) is 0 Å². The Labute approximate surface area is 176 Å². The second kappa shape index (κ2) is 10.1. The number of ether oxygens (including phenoxy) is 1. The molecule has 3 unspecified atom stereocenters. The number of carbonyl (C=O) groups is 1. The molecule has 5 nitrogen and oxygen atoms in total. The number of para-hydroxylation sites is 1. The van der Waals surface area contributed by atoms with Crippen LogP contribution in [0.15, 0.2) is 18.2 Å². The molecule has 1 saturated carbocycles. The quantitative estimate of drug-likeness (QED) is 0.337. The predicted octanol–water partition coefficient (Wildman–Crippen LogP) is 6.24. The van der Waals surface area contributed by atoms with E-state index in [0.717, 1.165) is 16.9 Å². The molecule has 0 saturated heterocycles.